The normalized spacial score (nSPS) is 16.2. The molecule has 1 aromatic carbocycles. The molecule has 1 aromatic heterocycles. The third-order valence-corrected chi connectivity index (χ3v) is 5.29. The Morgan fingerprint density at radius 1 is 1.00 bits per heavy atom. The van der Waals surface area contributed by atoms with Gasteiger partial charge in [0.1, 0.15) is 18.5 Å². The molecule has 0 aliphatic carbocycles. The summed E-state index contributed by atoms with van der Waals surface area (Å²) < 4.78 is 5.79. The van der Waals surface area contributed by atoms with Gasteiger partial charge >= 0.3 is 0 Å². The third kappa shape index (κ3) is 6.89. The monoisotopic (exact) mass is 383 g/mol. The number of nitrogens with zero attached hydrogens (tertiary/aromatic N) is 3. The molecule has 1 aliphatic heterocycles. The Hall–Kier alpha value is -1.95. The molecule has 0 amide bonds. The lowest BCUT2D eigenvalue weighted by molar-refractivity contribution is 0.0617. The average Bonchev–Trinajstić information content (AvgIpc) is 2.74. The second-order valence-electron chi connectivity index (χ2n) is 7.63. The number of benzene rings is 1. The highest BCUT2D eigenvalue weighted by Crippen LogP contribution is 2.16. The summed E-state index contributed by atoms with van der Waals surface area (Å²) in [7, 11) is 0. The lowest BCUT2D eigenvalue weighted by Gasteiger charge is -2.28. The maximum Gasteiger partial charge on any atom is 0.119 e. The van der Waals surface area contributed by atoms with Gasteiger partial charge in [0.05, 0.1) is 0 Å². The van der Waals surface area contributed by atoms with Gasteiger partial charge in [-0.15, -0.1) is 0 Å². The maximum atomic E-state index is 10.2. The molecule has 3 rings (SSSR count). The molecule has 1 saturated heterocycles. The van der Waals surface area contributed by atoms with Crippen LogP contribution in [0.5, 0.6) is 5.75 Å². The van der Waals surface area contributed by atoms with Gasteiger partial charge < -0.3 is 14.7 Å². The molecule has 1 atom stereocenters. The quantitative estimate of drug-likeness (QED) is 0.682. The molecule has 2 aromatic rings. The number of β-amino-alcohol motifs (C(OH)–C–C–N with tert-alkyl or cyclic N) is 1. The van der Waals surface area contributed by atoms with Crippen LogP contribution in [0.3, 0.4) is 0 Å². The molecular weight excluding hydrogens is 350 g/mol. The molecular formula is C23H33N3O2. The minimum Gasteiger partial charge on any atom is -0.491 e. The van der Waals surface area contributed by atoms with E-state index in [1.54, 1.807) is 0 Å². The predicted octanol–water partition coefficient (Wildman–Crippen LogP) is 3.33. The van der Waals surface area contributed by atoms with Crippen molar-refractivity contribution in [1.82, 2.24) is 14.8 Å². The maximum absolute atomic E-state index is 10.2. The van der Waals surface area contributed by atoms with Gasteiger partial charge in [-0.1, -0.05) is 25.5 Å². The number of aliphatic hydroxyl groups is 1. The third-order valence-electron chi connectivity index (χ3n) is 5.29. The van der Waals surface area contributed by atoms with Crippen molar-refractivity contribution in [3.05, 3.63) is 59.9 Å². The number of aliphatic hydroxyl groups excluding tert-OH is 1. The van der Waals surface area contributed by atoms with Gasteiger partial charge in [-0.3, -0.25) is 9.88 Å². The second-order valence-corrected chi connectivity index (χ2v) is 7.63. The number of rotatable bonds is 10. The van der Waals surface area contributed by atoms with Crippen molar-refractivity contribution < 1.29 is 9.84 Å². The number of aromatic nitrogens is 1. The molecule has 2 heterocycles. The van der Waals surface area contributed by atoms with Gasteiger partial charge in [-0.2, -0.15) is 0 Å². The van der Waals surface area contributed by atoms with E-state index >= 15 is 0 Å². The molecule has 5 heteroatoms. The lowest BCUT2D eigenvalue weighted by Crippen LogP contribution is -2.38. The Morgan fingerprint density at radius 2 is 1.64 bits per heavy atom. The molecule has 1 aliphatic rings. The van der Waals surface area contributed by atoms with Crippen LogP contribution in [0, 0.1) is 0 Å². The molecule has 0 bridgehead atoms. The summed E-state index contributed by atoms with van der Waals surface area (Å²) in [5.41, 5.74) is 2.54. The van der Waals surface area contributed by atoms with Crippen LogP contribution < -0.4 is 4.74 Å². The smallest absolute Gasteiger partial charge is 0.119 e. The molecule has 1 N–H and O–H groups in total. The van der Waals surface area contributed by atoms with Crippen LogP contribution in [0.2, 0.25) is 0 Å². The molecule has 0 spiro atoms. The molecule has 28 heavy (non-hydrogen) atoms. The van der Waals surface area contributed by atoms with E-state index in [0.717, 1.165) is 38.5 Å². The fourth-order valence-electron chi connectivity index (χ4n) is 3.66. The summed E-state index contributed by atoms with van der Waals surface area (Å²) in [5.74, 6) is 0.818. The highest BCUT2D eigenvalue weighted by atomic mass is 16.5. The zero-order valence-corrected chi connectivity index (χ0v) is 17.0. The summed E-state index contributed by atoms with van der Waals surface area (Å²) in [6, 6.07) is 12.4. The summed E-state index contributed by atoms with van der Waals surface area (Å²) in [5, 5.41) is 10.2. The fourth-order valence-corrected chi connectivity index (χ4v) is 3.66. The van der Waals surface area contributed by atoms with Gasteiger partial charge in [0, 0.05) is 32.0 Å². The first kappa shape index (κ1) is 20.8. The zero-order chi connectivity index (χ0) is 19.6. The highest BCUT2D eigenvalue weighted by Gasteiger charge is 2.15. The van der Waals surface area contributed by atoms with Crippen LogP contribution in [0.15, 0.2) is 48.8 Å². The molecule has 1 unspecified atom stereocenters. The SMILES string of the molecule is CCN(Cc1ccncc1)Cc1ccc(OCC(O)CN2CCCCC2)cc1. The fraction of sp³-hybridized carbons (Fsp3) is 0.522. The van der Waals surface area contributed by atoms with Gasteiger partial charge in [-0.25, -0.2) is 0 Å². The first-order chi connectivity index (χ1) is 13.7. The Balaban J connectivity index is 1.43. The van der Waals surface area contributed by atoms with Crippen molar-refractivity contribution in [2.45, 2.75) is 45.4 Å². The molecule has 152 valence electrons. The first-order valence-corrected chi connectivity index (χ1v) is 10.5. The molecule has 5 nitrogen and oxygen atoms in total. The van der Waals surface area contributed by atoms with E-state index < -0.39 is 6.10 Å². The van der Waals surface area contributed by atoms with Gasteiger partial charge in [0.25, 0.3) is 0 Å². The number of hydrogen-bond acceptors (Lipinski definition) is 5. The number of hydrogen-bond donors (Lipinski definition) is 1. The van der Waals surface area contributed by atoms with Crippen molar-refractivity contribution in [3.63, 3.8) is 0 Å². The Morgan fingerprint density at radius 3 is 2.29 bits per heavy atom. The van der Waals surface area contributed by atoms with Crippen molar-refractivity contribution in [1.29, 1.82) is 0 Å². The number of pyridine rings is 1. The number of piperidine rings is 1. The topological polar surface area (TPSA) is 48.8 Å². The molecule has 0 saturated carbocycles. The van der Waals surface area contributed by atoms with E-state index in [2.05, 4.69) is 46.0 Å². The largest absolute Gasteiger partial charge is 0.491 e. The van der Waals surface area contributed by atoms with E-state index in [4.69, 9.17) is 4.74 Å². The van der Waals surface area contributed by atoms with Crippen LogP contribution in [0.1, 0.15) is 37.3 Å². The summed E-state index contributed by atoms with van der Waals surface area (Å²) in [6.07, 6.45) is 7.04. The van der Waals surface area contributed by atoms with Crippen LogP contribution in [0.4, 0.5) is 0 Å². The minimum atomic E-state index is -0.436. The first-order valence-electron chi connectivity index (χ1n) is 10.5. The van der Waals surface area contributed by atoms with E-state index in [0.29, 0.717) is 13.2 Å². The number of likely N-dealkylation sites (tertiary alicyclic amines) is 1. The van der Waals surface area contributed by atoms with Gasteiger partial charge in [0.2, 0.25) is 0 Å². The Kier molecular flexibility index (Phi) is 8.27. The van der Waals surface area contributed by atoms with Gasteiger partial charge in [-0.05, 0) is 67.9 Å². The van der Waals surface area contributed by atoms with E-state index in [9.17, 15) is 5.11 Å². The summed E-state index contributed by atoms with van der Waals surface area (Å²) in [4.78, 5) is 8.81. The van der Waals surface area contributed by atoms with Crippen molar-refractivity contribution in [2.24, 2.45) is 0 Å². The van der Waals surface area contributed by atoms with Crippen molar-refractivity contribution in [2.75, 3.05) is 32.8 Å². The second kappa shape index (κ2) is 11.1. The van der Waals surface area contributed by atoms with Crippen LogP contribution >= 0.6 is 0 Å². The van der Waals surface area contributed by atoms with Crippen molar-refractivity contribution in [3.8, 4) is 5.75 Å². The van der Waals surface area contributed by atoms with Crippen LogP contribution in [0.25, 0.3) is 0 Å². The number of ether oxygens (including phenoxy) is 1. The van der Waals surface area contributed by atoms with Crippen molar-refractivity contribution >= 4 is 0 Å². The minimum absolute atomic E-state index is 0.346. The van der Waals surface area contributed by atoms with Crippen LogP contribution in [-0.4, -0.2) is 58.8 Å². The predicted molar refractivity (Wildman–Crippen MR) is 112 cm³/mol. The Labute approximate surface area is 169 Å². The Bertz CT molecular complexity index is 672. The van der Waals surface area contributed by atoms with Crippen LogP contribution in [-0.2, 0) is 13.1 Å². The van der Waals surface area contributed by atoms with E-state index in [1.807, 2.05) is 24.5 Å². The molecule has 0 radical (unpaired) electrons. The summed E-state index contributed by atoms with van der Waals surface area (Å²) in [6.45, 7) is 8.23. The zero-order valence-electron chi connectivity index (χ0n) is 17.0. The highest BCUT2D eigenvalue weighted by molar-refractivity contribution is 5.27. The standard InChI is InChI=1S/C23H33N3O2/c1-2-25(17-21-10-12-24-13-11-21)16-20-6-8-23(9-7-20)28-19-22(27)18-26-14-4-3-5-15-26/h6-13,22,27H,2-5,14-19H2,1H3. The van der Waals surface area contributed by atoms with E-state index in [1.165, 1.54) is 30.4 Å². The van der Waals surface area contributed by atoms with Gasteiger partial charge in [0.15, 0.2) is 0 Å². The molecule has 1 fully saturated rings. The summed E-state index contributed by atoms with van der Waals surface area (Å²) >= 11 is 0. The van der Waals surface area contributed by atoms with E-state index in [-0.39, 0.29) is 0 Å². The average molecular weight is 384 g/mol. The lowest BCUT2D eigenvalue weighted by atomic mass is 10.1.